The van der Waals surface area contributed by atoms with Gasteiger partial charge in [-0.05, 0) is 99.8 Å². The number of nitrogens with two attached hydrogens (primary N) is 2. The van der Waals surface area contributed by atoms with Gasteiger partial charge in [0, 0.05) is 75.7 Å². The van der Waals surface area contributed by atoms with E-state index in [2.05, 4.69) is 64.2 Å². The standard InChI is InChI=1S/C63H96N12O13S/c1-12-38(6)53(72(8)61(84)51(36(2)3)63-24-22-41(35-63)54(56(64)80)73(63)9)46(86-10)34-50(79)74-27-15-19-45(74)55(87-11)39(7)57(81)70-44(60-66-26-31-89-60)33-40-16-13-17-42(32-40)68-58(82)43(18-14-25-67-62(65)85)69-59(83)52(37(4)5)71-47(76)23-29-88-30-28-75-48(77)20-21-49(75)78/h13,16-17,20-21,26,31-32,36-39,41,43-46,51-55H,12,14-15,18-19,22-25,27-30,33-35H2,1-11H3,(H2,64,80)(H,68,82)(H,69,83)(H,70,81)(H,71,76)(H3,65,67,85)/t38-,39+,41?,43-,44-,45-,46+,51+,52-,53-,54?,55+,63?/m0/s1. The topological polar surface area (TPSA) is 336 Å². The zero-order valence-corrected chi connectivity index (χ0v) is 54.4. The smallest absolute Gasteiger partial charge is 0.312 e. The van der Waals surface area contributed by atoms with Crippen LogP contribution in [0.1, 0.15) is 129 Å². The molecule has 25 nitrogen and oxygen atoms in total. The molecule has 89 heavy (non-hydrogen) atoms. The first kappa shape index (κ1) is 71.2. The molecular weight excluding hydrogens is 1160 g/mol. The molecule has 1 aromatic heterocycles. The maximum absolute atomic E-state index is 15.1. The minimum Gasteiger partial charge on any atom is -0.379 e. The van der Waals surface area contributed by atoms with Gasteiger partial charge in [0.1, 0.15) is 17.1 Å². The molecule has 1 saturated carbocycles. The second-order valence-electron chi connectivity index (χ2n) is 25.0. The van der Waals surface area contributed by atoms with Crippen molar-refractivity contribution in [1.82, 2.24) is 45.9 Å². The molecule has 1 aliphatic carbocycles. The zero-order chi connectivity index (χ0) is 65.4. The van der Waals surface area contributed by atoms with Crippen LogP contribution in [-0.4, -0.2) is 193 Å². The summed E-state index contributed by atoms with van der Waals surface area (Å²) in [6, 6.07) is 2.15. The van der Waals surface area contributed by atoms with Crippen LogP contribution in [0, 0.1) is 35.5 Å². The van der Waals surface area contributed by atoms with Crippen molar-refractivity contribution >= 4 is 76.2 Å². The summed E-state index contributed by atoms with van der Waals surface area (Å²) in [6.45, 7) is 14.0. The number of nitrogens with zero attached hydrogens (tertiary/aromatic N) is 5. The Hall–Kier alpha value is -6.87. The van der Waals surface area contributed by atoms with Crippen molar-refractivity contribution < 1.29 is 62.2 Å². The van der Waals surface area contributed by atoms with E-state index < -0.39 is 107 Å². The van der Waals surface area contributed by atoms with E-state index in [1.807, 2.05) is 25.5 Å². The van der Waals surface area contributed by atoms with Gasteiger partial charge in [0.25, 0.3) is 11.8 Å². The average Bonchev–Trinajstić information content (AvgIpc) is 1.59. The SMILES string of the molecule is CC[C@H](C)[C@@H]([C@@H](CC(=O)N1CCC[C@H]1[C@H](OC)[C@@H](C)C(=O)N[C@@H](Cc1cccc(NC(=O)[C@H](CCCNC(N)=O)NC(=O)[C@@H](NC(=O)CCOCCN2C(=O)C=CC2=O)C(C)C)c1)c1nccs1)OC)N(C)C(=O)[C@@H](C(C)C)C12CCC(C1)C(C(N)=O)N2C. The maximum atomic E-state index is 15.1. The van der Waals surface area contributed by atoms with E-state index in [9.17, 15) is 43.2 Å². The summed E-state index contributed by atoms with van der Waals surface area (Å²) in [7, 11) is 6.85. The van der Waals surface area contributed by atoms with Gasteiger partial charge in [-0.3, -0.25) is 53.0 Å². The van der Waals surface area contributed by atoms with E-state index in [0.717, 1.165) is 29.7 Å². The molecule has 13 atom stereocenters. The fourth-order valence-corrected chi connectivity index (χ4v) is 14.6. The molecule has 4 aliphatic rings. The highest BCUT2D eigenvalue weighted by Crippen LogP contribution is 2.55. The number of aromatic nitrogens is 1. The van der Waals surface area contributed by atoms with E-state index in [0.29, 0.717) is 36.5 Å². The van der Waals surface area contributed by atoms with Gasteiger partial charge in [0.15, 0.2) is 0 Å². The van der Waals surface area contributed by atoms with Gasteiger partial charge in [0.2, 0.25) is 41.4 Å². The van der Waals surface area contributed by atoms with Crippen molar-refractivity contribution in [3.05, 3.63) is 58.6 Å². The first-order chi connectivity index (χ1) is 42.3. The number of amides is 11. The lowest BCUT2D eigenvalue weighted by Gasteiger charge is -2.48. The molecule has 26 heteroatoms. The third-order valence-electron chi connectivity index (χ3n) is 18.6. The van der Waals surface area contributed by atoms with Crippen LogP contribution in [0.25, 0.3) is 0 Å². The molecule has 0 radical (unpaired) electrons. The number of imide groups is 1. The summed E-state index contributed by atoms with van der Waals surface area (Å²) in [4.78, 5) is 144. The predicted octanol–water partition coefficient (Wildman–Crippen LogP) is 3.42. The van der Waals surface area contributed by atoms with Crippen LogP contribution in [0.5, 0.6) is 0 Å². The van der Waals surface area contributed by atoms with Crippen LogP contribution < -0.4 is 38.1 Å². The Labute approximate surface area is 527 Å². The second-order valence-corrected chi connectivity index (χ2v) is 25.9. The average molecular weight is 1260 g/mol. The van der Waals surface area contributed by atoms with E-state index >= 15 is 4.79 Å². The Morgan fingerprint density at radius 3 is 2.22 bits per heavy atom. The minimum atomic E-state index is -1.13. The number of likely N-dealkylation sites (tertiary alicyclic amines) is 2. The fraction of sp³-hybridized carbons (Fsp3) is 0.667. The highest BCUT2D eigenvalue weighted by atomic mass is 32.1. The zero-order valence-electron chi connectivity index (χ0n) is 53.6. The minimum absolute atomic E-state index is 0.0114. The molecule has 3 unspecified atom stereocenters. The number of benzene rings is 1. The van der Waals surface area contributed by atoms with Crippen molar-refractivity contribution in [2.45, 2.75) is 173 Å². The van der Waals surface area contributed by atoms with Crippen LogP contribution in [0.2, 0.25) is 0 Å². The Bertz CT molecular complexity index is 2820. The number of rotatable bonds is 35. The van der Waals surface area contributed by atoms with Crippen LogP contribution in [-0.2, 0) is 63.8 Å². The van der Waals surface area contributed by atoms with Crippen molar-refractivity contribution in [2.75, 3.05) is 66.5 Å². The van der Waals surface area contributed by atoms with Gasteiger partial charge in [-0.2, -0.15) is 0 Å². The van der Waals surface area contributed by atoms with Crippen molar-refractivity contribution in [2.24, 2.45) is 47.0 Å². The van der Waals surface area contributed by atoms with Crippen LogP contribution >= 0.6 is 11.3 Å². The van der Waals surface area contributed by atoms with Crippen LogP contribution in [0.4, 0.5) is 10.5 Å². The summed E-state index contributed by atoms with van der Waals surface area (Å²) >= 11 is 1.37. The van der Waals surface area contributed by atoms with E-state index in [-0.39, 0.29) is 99.8 Å². The molecule has 492 valence electrons. The summed E-state index contributed by atoms with van der Waals surface area (Å²) in [6.07, 6.45) is 7.41. The van der Waals surface area contributed by atoms with E-state index in [1.54, 1.807) is 62.1 Å². The predicted molar refractivity (Wildman–Crippen MR) is 334 cm³/mol. The Balaban J connectivity index is 1.10. The van der Waals surface area contributed by atoms with E-state index in [4.69, 9.17) is 25.7 Å². The number of anilines is 1. The fourth-order valence-electron chi connectivity index (χ4n) is 13.9. The first-order valence-corrected chi connectivity index (χ1v) is 32.1. The lowest BCUT2D eigenvalue weighted by Crippen LogP contribution is -2.61. The number of thiazole rings is 1. The molecule has 1 aromatic carbocycles. The summed E-state index contributed by atoms with van der Waals surface area (Å²) in [5, 5.41) is 16.6. The van der Waals surface area contributed by atoms with Gasteiger partial charge in [-0.15, -0.1) is 11.3 Å². The Morgan fingerprint density at radius 2 is 1.62 bits per heavy atom. The summed E-state index contributed by atoms with van der Waals surface area (Å²) in [5.41, 5.74) is 11.8. The molecule has 2 bridgehead atoms. The van der Waals surface area contributed by atoms with Gasteiger partial charge in [-0.1, -0.05) is 67.0 Å². The van der Waals surface area contributed by atoms with Gasteiger partial charge in [-0.25, -0.2) is 9.78 Å². The lowest BCUT2D eigenvalue weighted by molar-refractivity contribution is -0.153. The Morgan fingerprint density at radius 1 is 0.899 bits per heavy atom. The second kappa shape index (κ2) is 32.7. The molecule has 0 spiro atoms. The molecule has 6 rings (SSSR count). The van der Waals surface area contributed by atoms with Crippen LogP contribution in [0.3, 0.4) is 0 Å². The molecule has 4 heterocycles. The van der Waals surface area contributed by atoms with Gasteiger partial charge in [0.05, 0.1) is 74.4 Å². The number of hydrogen-bond acceptors (Lipinski definition) is 16. The van der Waals surface area contributed by atoms with E-state index in [1.165, 1.54) is 30.6 Å². The molecule has 3 fully saturated rings. The molecular formula is C63H96N12O13S. The number of urea groups is 1. The van der Waals surface area contributed by atoms with Crippen molar-refractivity contribution in [1.29, 1.82) is 0 Å². The lowest BCUT2D eigenvalue weighted by atomic mass is 9.74. The monoisotopic (exact) mass is 1260 g/mol. The largest absolute Gasteiger partial charge is 0.379 e. The number of hydrogen-bond donors (Lipinski definition) is 7. The number of likely N-dealkylation sites (N-methyl/N-ethyl adjacent to an activating group) is 2. The molecule has 3 aliphatic heterocycles. The third kappa shape index (κ3) is 17.8. The Kier molecular flexibility index (Phi) is 26.2. The molecule has 11 amide bonds. The highest BCUT2D eigenvalue weighted by Gasteiger charge is 2.62. The number of fused-ring (bicyclic) bond motifs is 2. The highest BCUT2D eigenvalue weighted by molar-refractivity contribution is 7.09. The van der Waals surface area contributed by atoms with Crippen molar-refractivity contribution in [3.8, 4) is 0 Å². The molecule has 2 saturated heterocycles. The molecule has 2 aromatic rings. The number of primary amides is 2. The molecule has 9 N–H and O–H groups in total. The number of carbonyl (C=O) groups excluding carboxylic acids is 10. The van der Waals surface area contributed by atoms with Crippen molar-refractivity contribution in [3.63, 3.8) is 0 Å². The number of carbonyl (C=O) groups is 10. The van der Waals surface area contributed by atoms with Crippen LogP contribution in [0.15, 0.2) is 48.0 Å². The number of piperidine rings is 1. The van der Waals surface area contributed by atoms with Gasteiger partial charge < -0.3 is 62.1 Å². The number of ether oxygens (including phenoxy) is 3. The quantitative estimate of drug-likeness (QED) is 0.0384. The summed E-state index contributed by atoms with van der Waals surface area (Å²) in [5.74, 6) is -5.07. The number of methoxy groups -OCH3 is 2. The summed E-state index contributed by atoms with van der Waals surface area (Å²) < 4.78 is 17.8. The maximum Gasteiger partial charge on any atom is 0.312 e. The van der Waals surface area contributed by atoms with Gasteiger partial charge >= 0.3 is 6.03 Å². The normalized spacial score (nSPS) is 22.1. The first-order valence-electron chi connectivity index (χ1n) is 31.3. The number of nitrogens with one attached hydrogen (secondary N) is 5. The third-order valence-corrected chi connectivity index (χ3v) is 19.5.